The Morgan fingerprint density at radius 2 is 1.58 bits per heavy atom. The van der Waals surface area contributed by atoms with Gasteiger partial charge in [-0.15, -0.1) is 0 Å². The van der Waals surface area contributed by atoms with E-state index in [9.17, 15) is 9.59 Å². The summed E-state index contributed by atoms with van der Waals surface area (Å²) in [4.78, 5) is 33.4. The Hall–Kier alpha value is -5.41. The zero-order chi connectivity index (χ0) is 33.9. The van der Waals surface area contributed by atoms with Gasteiger partial charge in [0.1, 0.15) is 29.9 Å². The van der Waals surface area contributed by atoms with E-state index in [0.717, 1.165) is 11.3 Å². The van der Waals surface area contributed by atoms with Crippen LogP contribution in [0.1, 0.15) is 46.3 Å². The fraction of sp³-hybridized carbons (Fsp3) is 0.205. The molecule has 4 aromatic carbocycles. The van der Waals surface area contributed by atoms with E-state index in [2.05, 4.69) is 38.2 Å². The second kappa shape index (κ2) is 13.8. The first-order chi connectivity index (χ1) is 23.2. The smallest absolute Gasteiger partial charge is 0.271 e. The zero-order valence-electron chi connectivity index (χ0n) is 27.8. The van der Waals surface area contributed by atoms with Crippen molar-refractivity contribution in [3.8, 4) is 17.2 Å². The summed E-state index contributed by atoms with van der Waals surface area (Å²) in [5.41, 5.74) is 7.55. The summed E-state index contributed by atoms with van der Waals surface area (Å²) in [6, 6.07) is 25.8. The van der Waals surface area contributed by atoms with Crippen LogP contribution in [0.25, 0.3) is 6.08 Å². The Bertz CT molecular complexity index is 2190. The van der Waals surface area contributed by atoms with Gasteiger partial charge in [-0.05, 0) is 92.4 Å². The van der Waals surface area contributed by atoms with Gasteiger partial charge >= 0.3 is 0 Å². The summed E-state index contributed by atoms with van der Waals surface area (Å²) in [7, 11) is 3.13. The van der Waals surface area contributed by atoms with Crippen molar-refractivity contribution in [1.29, 1.82) is 0 Å². The number of hydrogen-bond donors (Lipinski definition) is 1. The lowest BCUT2D eigenvalue weighted by atomic mass is 9.94. The molecule has 1 N–H and O–H groups in total. The Morgan fingerprint density at radius 3 is 2.25 bits per heavy atom. The van der Waals surface area contributed by atoms with Gasteiger partial charge in [-0.3, -0.25) is 14.2 Å². The molecule has 0 bridgehead atoms. The number of benzene rings is 4. The average Bonchev–Trinajstić information content (AvgIpc) is 3.37. The standard InChI is InChI=1S/C39H37N3O5S/c1-23-18-24(2)32(25(3)19-23)22-47-29-14-12-27(13-15-29)20-34-38(44)42-36(31-17-16-30(45-5)21-33(31)46-6)35(26(4)40-39(42)48-34)37(43)41-28-10-8-7-9-11-28/h7-21,36H,22H2,1-6H3,(H,41,43)/b34-20-/t36-/m0/s1. The van der Waals surface area contributed by atoms with Crippen molar-refractivity contribution in [2.75, 3.05) is 19.5 Å². The molecule has 1 aromatic heterocycles. The number of anilines is 1. The summed E-state index contributed by atoms with van der Waals surface area (Å²) in [6.45, 7) is 8.57. The van der Waals surface area contributed by atoms with E-state index >= 15 is 0 Å². The van der Waals surface area contributed by atoms with Gasteiger partial charge < -0.3 is 19.5 Å². The van der Waals surface area contributed by atoms with Crippen LogP contribution < -0.4 is 34.4 Å². The van der Waals surface area contributed by atoms with Crippen LogP contribution in [0.15, 0.2) is 106 Å². The van der Waals surface area contributed by atoms with Crippen molar-refractivity contribution in [1.82, 2.24) is 4.57 Å². The van der Waals surface area contributed by atoms with E-state index in [-0.39, 0.29) is 11.5 Å². The molecule has 0 radical (unpaired) electrons. The van der Waals surface area contributed by atoms with Gasteiger partial charge in [-0.1, -0.05) is 59.4 Å². The molecule has 8 nitrogen and oxygen atoms in total. The summed E-state index contributed by atoms with van der Waals surface area (Å²) >= 11 is 1.28. The normalized spacial score (nSPS) is 14.3. The number of aryl methyl sites for hydroxylation is 3. The monoisotopic (exact) mass is 659 g/mol. The number of thiazole rings is 1. The number of ether oxygens (including phenoxy) is 3. The number of carbonyl (C=O) groups is 1. The first kappa shape index (κ1) is 32.5. The van der Waals surface area contributed by atoms with Crippen molar-refractivity contribution < 1.29 is 19.0 Å². The highest BCUT2D eigenvalue weighted by atomic mass is 32.1. The predicted molar refractivity (Wildman–Crippen MR) is 190 cm³/mol. The van der Waals surface area contributed by atoms with Crippen LogP contribution in [0, 0.1) is 20.8 Å². The number of allylic oxidation sites excluding steroid dienone is 1. The second-order valence-electron chi connectivity index (χ2n) is 11.7. The molecular formula is C39H37N3O5S. The summed E-state index contributed by atoms with van der Waals surface area (Å²) in [5, 5.41) is 2.98. The maximum absolute atomic E-state index is 14.2. The van der Waals surface area contributed by atoms with E-state index in [0.29, 0.717) is 50.0 Å². The number of rotatable bonds is 9. The number of nitrogens with zero attached hydrogens (tertiary/aromatic N) is 2. The average molecular weight is 660 g/mol. The van der Waals surface area contributed by atoms with E-state index in [1.54, 1.807) is 37.8 Å². The molecule has 9 heteroatoms. The highest BCUT2D eigenvalue weighted by Crippen LogP contribution is 2.37. The molecular weight excluding hydrogens is 623 g/mol. The van der Waals surface area contributed by atoms with Crippen LogP contribution in [0.5, 0.6) is 17.2 Å². The molecule has 0 aliphatic carbocycles. The molecule has 1 atom stereocenters. The lowest BCUT2D eigenvalue weighted by Crippen LogP contribution is -2.40. The molecule has 0 spiro atoms. The number of aromatic nitrogens is 1. The number of carbonyl (C=O) groups excluding carboxylic acids is 1. The summed E-state index contributed by atoms with van der Waals surface area (Å²) in [6.07, 6.45) is 1.84. The molecule has 0 saturated heterocycles. The molecule has 1 aliphatic heterocycles. The van der Waals surface area contributed by atoms with E-state index in [4.69, 9.17) is 19.2 Å². The number of methoxy groups -OCH3 is 2. The fourth-order valence-corrected chi connectivity index (χ4v) is 7.12. The fourth-order valence-electron chi connectivity index (χ4n) is 6.08. The lowest BCUT2D eigenvalue weighted by molar-refractivity contribution is -0.113. The molecule has 5 aromatic rings. The number of amides is 1. The van der Waals surface area contributed by atoms with Crippen molar-refractivity contribution in [3.63, 3.8) is 0 Å². The highest BCUT2D eigenvalue weighted by Gasteiger charge is 2.34. The third-order valence-electron chi connectivity index (χ3n) is 8.43. The maximum Gasteiger partial charge on any atom is 0.271 e. The van der Waals surface area contributed by atoms with Gasteiger partial charge in [0.05, 0.1) is 30.0 Å². The van der Waals surface area contributed by atoms with Crippen molar-refractivity contribution in [3.05, 3.63) is 149 Å². The Morgan fingerprint density at radius 1 is 0.896 bits per heavy atom. The maximum atomic E-state index is 14.2. The van der Waals surface area contributed by atoms with Crippen LogP contribution in [0.3, 0.4) is 0 Å². The zero-order valence-corrected chi connectivity index (χ0v) is 28.6. The van der Waals surface area contributed by atoms with Gasteiger partial charge in [-0.25, -0.2) is 4.99 Å². The van der Waals surface area contributed by atoms with Crippen LogP contribution >= 0.6 is 11.3 Å². The third kappa shape index (κ3) is 6.55. The highest BCUT2D eigenvalue weighted by molar-refractivity contribution is 7.07. The molecule has 0 unspecified atom stereocenters. The minimum Gasteiger partial charge on any atom is -0.497 e. The molecule has 48 heavy (non-hydrogen) atoms. The van der Waals surface area contributed by atoms with Crippen molar-refractivity contribution >= 4 is 29.0 Å². The second-order valence-corrected chi connectivity index (χ2v) is 12.8. The first-order valence-electron chi connectivity index (χ1n) is 15.6. The first-order valence-corrected chi connectivity index (χ1v) is 16.4. The lowest BCUT2D eigenvalue weighted by Gasteiger charge is -2.26. The molecule has 244 valence electrons. The van der Waals surface area contributed by atoms with Gasteiger partial charge in [0.25, 0.3) is 11.5 Å². The van der Waals surface area contributed by atoms with Gasteiger partial charge in [0.15, 0.2) is 4.80 Å². The van der Waals surface area contributed by atoms with Crippen molar-refractivity contribution in [2.45, 2.75) is 40.3 Å². The number of fused-ring (bicyclic) bond motifs is 1. The van der Waals surface area contributed by atoms with E-state index < -0.39 is 6.04 Å². The van der Waals surface area contributed by atoms with Crippen molar-refractivity contribution in [2.24, 2.45) is 4.99 Å². The number of hydrogen-bond acceptors (Lipinski definition) is 7. The largest absolute Gasteiger partial charge is 0.497 e. The predicted octanol–water partition coefficient (Wildman–Crippen LogP) is 6.40. The third-order valence-corrected chi connectivity index (χ3v) is 9.42. The topological polar surface area (TPSA) is 91.2 Å². The van der Waals surface area contributed by atoms with Crippen LogP contribution in [0.4, 0.5) is 5.69 Å². The quantitative estimate of drug-likeness (QED) is 0.198. The molecule has 1 aliphatic rings. The molecule has 0 fully saturated rings. The number of nitrogens with one attached hydrogen (secondary N) is 1. The van der Waals surface area contributed by atoms with Crippen LogP contribution in [0.2, 0.25) is 0 Å². The van der Waals surface area contributed by atoms with Crippen LogP contribution in [-0.2, 0) is 11.4 Å². The Labute approximate surface area is 283 Å². The number of para-hydroxylation sites is 1. The summed E-state index contributed by atoms with van der Waals surface area (Å²) in [5.74, 6) is 1.46. The molecule has 2 heterocycles. The van der Waals surface area contributed by atoms with E-state index in [1.807, 2.05) is 66.7 Å². The van der Waals surface area contributed by atoms with Crippen LogP contribution in [-0.4, -0.2) is 24.7 Å². The summed E-state index contributed by atoms with van der Waals surface area (Å²) < 4.78 is 19.4. The molecule has 6 rings (SSSR count). The van der Waals surface area contributed by atoms with Gasteiger partial charge in [0.2, 0.25) is 0 Å². The molecule has 0 saturated carbocycles. The van der Waals surface area contributed by atoms with E-state index in [1.165, 1.54) is 33.6 Å². The molecule has 1 amide bonds. The minimum atomic E-state index is -0.794. The Kier molecular flexibility index (Phi) is 9.32. The SMILES string of the molecule is COc1ccc([C@H]2C(C(=O)Nc3ccccc3)=C(C)N=c3s/c(=C\c4ccc(OCc5c(C)cc(C)cc5C)cc4)c(=O)n32)c(OC)c1. The Balaban J connectivity index is 1.37. The van der Waals surface area contributed by atoms with Gasteiger partial charge in [0, 0.05) is 17.3 Å². The minimum absolute atomic E-state index is 0.259. The van der Waals surface area contributed by atoms with Gasteiger partial charge in [-0.2, -0.15) is 0 Å².